The van der Waals surface area contributed by atoms with Crippen LogP contribution in [-0.2, 0) is 16.2 Å². The molecule has 0 spiro atoms. The molecule has 3 rings (SSSR count). The van der Waals surface area contributed by atoms with Gasteiger partial charge in [-0.05, 0) is 68.9 Å². The Labute approximate surface area is 198 Å². The third-order valence-electron chi connectivity index (χ3n) is 5.65. The Morgan fingerprint density at radius 2 is 1.68 bits per heavy atom. The van der Waals surface area contributed by atoms with Crippen LogP contribution in [0, 0.1) is 0 Å². The number of unbranched alkanes of at least 4 members (excludes halogenated alkanes) is 1. The number of likely N-dealkylation sites (N-methyl/N-ethyl adjacent to an activating group) is 1. The minimum Gasteiger partial charge on any atom is -0.352 e. The van der Waals surface area contributed by atoms with Crippen LogP contribution in [0.5, 0.6) is 0 Å². The molecule has 1 heterocycles. The Balaban J connectivity index is 1.48. The number of alkyl halides is 3. The average molecular weight is 499 g/mol. The lowest BCUT2D eigenvalue weighted by Gasteiger charge is -2.32. The molecule has 1 saturated heterocycles. The molecule has 0 saturated carbocycles. The Bertz CT molecular complexity index is 1070. The van der Waals surface area contributed by atoms with E-state index in [1.54, 1.807) is 0 Å². The van der Waals surface area contributed by atoms with Crippen LogP contribution in [0.1, 0.15) is 28.8 Å². The second kappa shape index (κ2) is 11.2. The van der Waals surface area contributed by atoms with E-state index in [1.165, 1.54) is 30.3 Å². The van der Waals surface area contributed by atoms with Gasteiger partial charge in [0.2, 0.25) is 0 Å². The van der Waals surface area contributed by atoms with Crippen molar-refractivity contribution in [2.75, 3.05) is 51.0 Å². The highest BCUT2D eigenvalue weighted by atomic mass is 32.2. The van der Waals surface area contributed by atoms with Gasteiger partial charge in [0.15, 0.2) is 0 Å². The molecule has 1 amide bonds. The largest absolute Gasteiger partial charge is 0.416 e. The molecule has 11 heteroatoms. The normalized spacial score (nSPS) is 15.8. The summed E-state index contributed by atoms with van der Waals surface area (Å²) < 4.78 is 65.8. The predicted octanol–water partition coefficient (Wildman–Crippen LogP) is 3.26. The summed E-state index contributed by atoms with van der Waals surface area (Å²) >= 11 is 0. The molecular formula is C23H29F3N4O3S. The molecule has 1 fully saturated rings. The number of hydrogen-bond donors (Lipinski definition) is 2. The van der Waals surface area contributed by atoms with Crippen molar-refractivity contribution >= 4 is 21.6 Å². The fourth-order valence-electron chi connectivity index (χ4n) is 3.59. The van der Waals surface area contributed by atoms with Gasteiger partial charge < -0.3 is 15.1 Å². The van der Waals surface area contributed by atoms with E-state index in [0.29, 0.717) is 12.1 Å². The number of halogens is 3. The Morgan fingerprint density at radius 3 is 2.32 bits per heavy atom. The number of nitrogens with one attached hydrogen (secondary N) is 2. The van der Waals surface area contributed by atoms with Crippen molar-refractivity contribution < 1.29 is 26.4 Å². The van der Waals surface area contributed by atoms with Gasteiger partial charge in [0, 0.05) is 44.0 Å². The lowest BCUT2D eigenvalue weighted by atomic mass is 10.2. The number of sulfonamides is 1. The SMILES string of the molecule is CN1CCN(CCCCNC(=O)c2ccc(S(=O)(=O)Nc3cccc(C(F)(F)F)c3)cc2)CC1. The first kappa shape index (κ1) is 26.0. The van der Waals surface area contributed by atoms with Gasteiger partial charge in [0.25, 0.3) is 15.9 Å². The Kier molecular flexibility index (Phi) is 8.56. The highest BCUT2D eigenvalue weighted by Crippen LogP contribution is 2.31. The molecule has 2 aromatic carbocycles. The summed E-state index contributed by atoms with van der Waals surface area (Å²) in [6.07, 6.45) is -2.77. The first-order chi connectivity index (χ1) is 16.0. The quantitative estimate of drug-likeness (QED) is 0.519. The summed E-state index contributed by atoms with van der Waals surface area (Å²) in [6.45, 7) is 5.76. The van der Waals surface area contributed by atoms with E-state index < -0.39 is 21.8 Å². The smallest absolute Gasteiger partial charge is 0.352 e. The molecule has 0 aliphatic carbocycles. The number of anilines is 1. The van der Waals surface area contributed by atoms with Crippen molar-refractivity contribution in [3.05, 3.63) is 59.7 Å². The van der Waals surface area contributed by atoms with Crippen LogP contribution < -0.4 is 10.0 Å². The summed E-state index contributed by atoms with van der Waals surface area (Å²) in [5, 5.41) is 2.82. The molecule has 7 nitrogen and oxygen atoms in total. The molecule has 0 atom stereocenters. The van der Waals surface area contributed by atoms with Crippen LogP contribution in [0.25, 0.3) is 0 Å². The van der Waals surface area contributed by atoms with E-state index >= 15 is 0 Å². The number of nitrogens with zero attached hydrogens (tertiary/aromatic N) is 2. The Hall–Kier alpha value is -2.63. The van der Waals surface area contributed by atoms with Gasteiger partial charge in [-0.3, -0.25) is 9.52 Å². The maximum atomic E-state index is 12.9. The van der Waals surface area contributed by atoms with Crippen LogP contribution in [0.2, 0.25) is 0 Å². The minimum atomic E-state index is -4.58. The van der Waals surface area contributed by atoms with Crippen LogP contribution in [0.4, 0.5) is 18.9 Å². The molecular weight excluding hydrogens is 469 g/mol. The number of benzene rings is 2. The van der Waals surface area contributed by atoms with Crippen molar-refractivity contribution in [1.29, 1.82) is 0 Å². The standard InChI is InChI=1S/C23H29F3N4O3S/c1-29-13-15-30(16-14-29)12-3-2-11-27-22(31)18-7-9-21(10-8-18)34(32,33)28-20-6-4-5-19(17-20)23(24,25)26/h4-10,17,28H,2-3,11-16H2,1H3,(H,27,31). The molecule has 1 aliphatic rings. The fraction of sp³-hybridized carbons (Fsp3) is 0.435. The molecule has 186 valence electrons. The number of amides is 1. The molecule has 2 aromatic rings. The van der Waals surface area contributed by atoms with E-state index in [4.69, 9.17) is 0 Å². The van der Waals surface area contributed by atoms with E-state index in [1.807, 2.05) is 0 Å². The lowest BCUT2D eigenvalue weighted by molar-refractivity contribution is -0.137. The number of carbonyl (C=O) groups is 1. The van der Waals surface area contributed by atoms with Crippen molar-refractivity contribution in [3.8, 4) is 0 Å². The van der Waals surface area contributed by atoms with E-state index in [-0.39, 0.29) is 16.5 Å². The first-order valence-corrected chi connectivity index (χ1v) is 12.5. The third-order valence-corrected chi connectivity index (χ3v) is 7.05. The topological polar surface area (TPSA) is 81.8 Å². The van der Waals surface area contributed by atoms with Gasteiger partial charge in [-0.15, -0.1) is 0 Å². The number of rotatable bonds is 9. The maximum absolute atomic E-state index is 12.9. The number of carbonyl (C=O) groups excluding carboxylic acids is 1. The summed E-state index contributed by atoms with van der Waals surface area (Å²) in [4.78, 5) is 16.9. The minimum absolute atomic E-state index is 0.159. The molecule has 0 radical (unpaired) electrons. The number of piperazine rings is 1. The maximum Gasteiger partial charge on any atom is 0.416 e. The van der Waals surface area contributed by atoms with Crippen molar-refractivity contribution in [3.63, 3.8) is 0 Å². The van der Waals surface area contributed by atoms with Gasteiger partial charge >= 0.3 is 6.18 Å². The van der Waals surface area contributed by atoms with Gasteiger partial charge in [-0.25, -0.2) is 8.42 Å². The van der Waals surface area contributed by atoms with E-state index in [2.05, 4.69) is 26.9 Å². The van der Waals surface area contributed by atoms with Crippen LogP contribution in [-0.4, -0.2) is 70.4 Å². The molecule has 0 unspecified atom stereocenters. The zero-order chi connectivity index (χ0) is 24.8. The van der Waals surface area contributed by atoms with Crippen LogP contribution in [0.15, 0.2) is 53.4 Å². The van der Waals surface area contributed by atoms with E-state index in [0.717, 1.165) is 63.8 Å². The highest BCUT2D eigenvalue weighted by molar-refractivity contribution is 7.92. The lowest BCUT2D eigenvalue weighted by Crippen LogP contribution is -2.44. The second-order valence-corrected chi connectivity index (χ2v) is 10.00. The van der Waals surface area contributed by atoms with Crippen molar-refractivity contribution in [1.82, 2.24) is 15.1 Å². The summed E-state index contributed by atoms with van der Waals surface area (Å²) in [5.41, 5.74) is -0.853. The van der Waals surface area contributed by atoms with Crippen LogP contribution in [0.3, 0.4) is 0 Å². The van der Waals surface area contributed by atoms with Crippen LogP contribution >= 0.6 is 0 Å². The highest BCUT2D eigenvalue weighted by Gasteiger charge is 2.30. The monoisotopic (exact) mass is 498 g/mol. The number of hydrogen-bond acceptors (Lipinski definition) is 5. The summed E-state index contributed by atoms with van der Waals surface area (Å²) in [7, 11) is -2.00. The molecule has 0 bridgehead atoms. The van der Waals surface area contributed by atoms with E-state index in [9.17, 15) is 26.4 Å². The molecule has 34 heavy (non-hydrogen) atoms. The predicted molar refractivity (Wildman–Crippen MR) is 124 cm³/mol. The molecule has 0 aromatic heterocycles. The molecule has 2 N–H and O–H groups in total. The zero-order valence-corrected chi connectivity index (χ0v) is 19.8. The third kappa shape index (κ3) is 7.44. The first-order valence-electron chi connectivity index (χ1n) is 11.0. The Morgan fingerprint density at radius 1 is 1.00 bits per heavy atom. The van der Waals surface area contributed by atoms with Crippen molar-refractivity contribution in [2.45, 2.75) is 23.9 Å². The zero-order valence-electron chi connectivity index (χ0n) is 18.9. The van der Waals surface area contributed by atoms with Gasteiger partial charge in [-0.2, -0.15) is 13.2 Å². The summed E-state index contributed by atoms with van der Waals surface area (Å²) in [5.74, 6) is -0.311. The average Bonchev–Trinajstić information content (AvgIpc) is 2.79. The van der Waals surface area contributed by atoms with Crippen molar-refractivity contribution in [2.24, 2.45) is 0 Å². The van der Waals surface area contributed by atoms with Gasteiger partial charge in [0.1, 0.15) is 0 Å². The summed E-state index contributed by atoms with van der Waals surface area (Å²) in [6, 6.07) is 9.19. The fourth-order valence-corrected chi connectivity index (χ4v) is 4.64. The second-order valence-electron chi connectivity index (χ2n) is 8.32. The van der Waals surface area contributed by atoms with Gasteiger partial charge in [-0.1, -0.05) is 6.07 Å². The molecule has 1 aliphatic heterocycles. The van der Waals surface area contributed by atoms with Gasteiger partial charge in [0.05, 0.1) is 10.5 Å².